The van der Waals surface area contributed by atoms with Gasteiger partial charge in [0, 0.05) is 23.6 Å². The molecule has 0 bridgehead atoms. The molecule has 0 amide bonds. The van der Waals surface area contributed by atoms with Crippen LogP contribution >= 0.6 is 0 Å². The Morgan fingerprint density at radius 1 is 0.722 bits per heavy atom. The molecule has 0 spiro atoms. The summed E-state index contributed by atoms with van der Waals surface area (Å²) in [6.07, 6.45) is 0.696. The van der Waals surface area contributed by atoms with Crippen LogP contribution < -0.4 is 9.47 Å². The third-order valence-corrected chi connectivity index (χ3v) is 6.09. The zero-order chi connectivity index (χ0) is 24.8. The van der Waals surface area contributed by atoms with Gasteiger partial charge in [0.2, 0.25) is 5.90 Å². The first-order valence-electron chi connectivity index (χ1n) is 12.3. The molecule has 4 nitrogen and oxygen atoms in total. The van der Waals surface area contributed by atoms with Crippen molar-refractivity contribution in [3.8, 4) is 11.5 Å². The van der Waals surface area contributed by atoms with E-state index in [9.17, 15) is 0 Å². The molecule has 5 rings (SSSR count). The van der Waals surface area contributed by atoms with Gasteiger partial charge >= 0.3 is 0 Å². The second kappa shape index (κ2) is 10.7. The van der Waals surface area contributed by atoms with Crippen LogP contribution in [-0.2, 0) is 24.4 Å². The molecule has 1 aliphatic heterocycles. The molecular weight excluding hydrogens is 446 g/mol. The van der Waals surface area contributed by atoms with Gasteiger partial charge in [0.1, 0.15) is 31.3 Å². The van der Waals surface area contributed by atoms with Gasteiger partial charge in [-0.05, 0) is 36.6 Å². The molecule has 0 saturated heterocycles. The molecule has 36 heavy (non-hydrogen) atoms. The van der Waals surface area contributed by atoms with Crippen molar-refractivity contribution < 1.29 is 14.2 Å². The lowest BCUT2D eigenvalue weighted by molar-refractivity contribution is 0.277. The van der Waals surface area contributed by atoms with E-state index in [1.165, 1.54) is 5.56 Å². The molecule has 4 aromatic rings. The summed E-state index contributed by atoms with van der Waals surface area (Å²) in [6, 6.07) is 34.8. The van der Waals surface area contributed by atoms with E-state index in [1.807, 2.05) is 54.6 Å². The van der Waals surface area contributed by atoms with Crippen molar-refractivity contribution in [2.24, 2.45) is 4.99 Å². The lowest BCUT2D eigenvalue weighted by atomic mass is 9.97. The first-order valence-corrected chi connectivity index (χ1v) is 12.3. The van der Waals surface area contributed by atoms with Gasteiger partial charge in [-0.25, -0.2) is 4.99 Å². The highest BCUT2D eigenvalue weighted by Crippen LogP contribution is 2.35. The Hall–Kier alpha value is -4.05. The quantitative estimate of drug-likeness (QED) is 0.261. The van der Waals surface area contributed by atoms with Crippen LogP contribution in [0, 0.1) is 0 Å². The van der Waals surface area contributed by atoms with E-state index >= 15 is 0 Å². The lowest BCUT2D eigenvalue weighted by Gasteiger charge is -2.18. The van der Waals surface area contributed by atoms with Crippen molar-refractivity contribution in [2.75, 3.05) is 6.61 Å². The van der Waals surface area contributed by atoms with Gasteiger partial charge in [-0.3, -0.25) is 0 Å². The van der Waals surface area contributed by atoms with Crippen molar-refractivity contribution in [3.63, 3.8) is 0 Å². The van der Waals surface area contributed by atoms with Gasteiger partial charge < -0.3 is 14.2 Å². The molecule has 0 aromatic heterocycles. The van der Waals surface area contributed by atoms with Crippen LogP contribution in [0.2, 0.25) is 0 Å². The Bertz CT molecular complexity index is 1320. The molecule has 4 heteroatoms. The fourth-order valence-electron chi connectivity index (χ4n) is 4.20. The number of benzene rings is 4. The van der Waals surface area contributed by atoms with Crippen LogP contribution in [0.4, 0.5) is 0 Å². The Balaban J connectivity index is 1.55. The van der Waals surface area contributed by atoms with Crippen LogP contribution in [0.3, 0.4) is 0 Å². The molecule has 0 aliphatic carbocycles. The van der Waals surface area contributed by atoms with Crippen molar-refractivity contribution >= 4 is 5.90 Å². The highest BCUT2D eigenvalue weighted by Gasteiger charge is 2.30. The third-order valence-electron chi connectivity index (χ3n) is 6.09. The lowest BCUT2D eigenvalue weighted by Crippen LogP contribution is -2.17. The summed E-state index contributed by atoms with van der Waals surface area (Å²) in [5.41, 5.74) is 5.09. The molecular formula is C32H31NO3. The van der Waals surface area contributed by atoms with Gasteiger partial charge in [-0.2, -0.15) is 0 Å². The van der Waals surface area contributed by atoms with Crippen molar-refractivity contribution in [1.29, 1.82) is 0 Å². The maximum absolute atomic E-state index is 6.45. The SMILES string of the molecule is CC1(C)COC(c2cc(OCc3ccccc3)cc(OCc3ccccc3)c2Cc2ccccc2)=N1. The molecule has 0 fully saturated rings. The van der Waals surface area contributed by atoms with Crippen molar-refractivity contribution in [2.45, 2.75) is 39.0 Å². The summed E-state index contributed by atoms with van der Waals surface area (Å²) in [6.45, 7) is 5.64. The fourth-order valence-corrected chi connectivity index (χ4v) is 4.20. The number of hydrogen-bond donors (Lipinski definition) is 0. The molecule has 0 radical (unpaired) electrons. The zero-order valence-electron chi connectivity index (χ0n) is 20.8. The van der Waals surface area contributed by atoms with Crippen LogP contribution in [0.1, 0.15) is 41.7 Å². The molecule has 4 aromatic carbocycles. The number of rotatable bonds is 9. The molecule has 1 heterocycles. The van der Waals surface area contributed by atoms with Crippen molar-refractivity contribution in [3.05, 3.63) is 131 Å². The first-order chi connectivity index (χ1) is 17.6. The van der Waals surface area contributed by atoms with Gasteiger partial charge in [0.25, 0.3) is 0 Å². The van der Waals surface area contributed by atoms with Crippen LogP contribution in [0.25, 0.3) is 0 Å². The minimum absolute atomic E-state index is 0.273. The van der Waals surface area contributed by atoms with E-state index in [4.69, 9.17) is 19.2 Å². The van der Waals surface area contributed by atoms with E-state index < -0.39 is 0 Å². The third kappa shape index (κ3) is 5.95. The van der Waals surface area contributed by atoms with Crippen LogP contribution in [-0.4, -0.2) is 18.0 Å². The Morgan fingerprint density at radius 3 is 1.83 bits per heavy atom. The summed E-state index contributed by atoms with van der Waals surface area (Å²) < 4.78 is 18.8. The summed E-state index contributed by atoms with van der Waals surface area (Å²) in [7, 11) is 0. The summed E-state index contributed by atoms with van der Waals surface area (Å²) in [4.78, 5) is 4.90. The second-order valence-electron chi connectivity index (χ2n) is 9.68. The molecule has 0 atom stereocenters. The monoisotopic (exact) mass is 477 g/mol. The summed E-state index contributed by atoms with van der Waals surface area (Å²) >= 11 is 0. The normalized spacial score (nSPS) is 14.1. The molecule has 0 N–H and O–H groups in total. The van der Waals surface area contributed by atoms with E-state index in [0.29, 0.717) is 32.1 Å². The number of ether oxygens (including phenoxy) is 3. The number of nitrogens with zero attached hydrogens (tertiary/aromatic N) is 1. The minimum Gasteiger partial charge on any atom is -0.489 e. The average Bonchev–Trinajstić information content (AvgIpc) is 3.28. The van der Waals surface area contributed by atoms with Gasteiger partial charge in [0.15, 0.2) is 0 Å². The van der Waals surface area contributed by atoms with E-state index in [-0.39, 0.29) is 5.54 Å². The Labute approximate surface area is 213 Å². The maximum Gasteiger partial charge on any atom is 0.217 e. The van der Waals surface area contributed by atoms with Gasteiger partial charge in [-0.15, -0.1) is 0 Å². The predicted molar refractivity (Wildman–Crippen MR) is 144 cm³/mol. The summed E-state index contributed by atoms with van der Waals surface area (Å²) in [5.74, 6) is 2.14. The molecule has 0 unspecified atom stereocenters. The van der Waals surface area contributed by atoms with E-state index in [0.717, 1.165) is 33.8 Å². The second-order valence-corrected chi connectivity index (χ2v) is 9.68. The van der Waals surface area contributed by atoms with Gasteiger partial charge in [-0.1, -0.05) is 91.0 Å². The number of aliphatic imine (C=N–C) groups is 1. The van der Waals surface area contributed by atoms with Crippen LogP contribution in [0.15, 0.2) is 108 Å². The Morgan fingerprint density at radius 2 is 1.28 bits per heavy atom. The topological polar surface area (TPSA) is 40.0 Å². The summed E-state index contributed by atoms with van der Waals surface area (Å²) in [5, 5.41) is 0. The molecule has 1 aliphatic rings. The maximum atomic E-state index is 6.45. The highest BCUT2D eigenvalue weighted by molar-refractivity contribution is 5.98. The van der Waals surface area contributed by atoms with Crippen molar-refractivity contribution in [1.82, 2.24) is 0 Å². The molecule has 0 saturated carbocycles. The minimum atomic E-state index is -0.273. The largest absolute Gasteiger partial charge is 0.489 e. The standard InChI is InChI=1S/C32H31NO3/c1-32(2)23-36-31(33-32)29-19-27(34-21-25-14-8-4-9-15-25)20-30(35-22-26-16-10-5-11-17-26)28(29)18-24-12-6-3-7-13-24/h3-17,19-20H,18,21-23H2,1-2H3. The average molecular weight is 478 g/mol. The fraction of sp³-hybridized carbons (Fsp3) is 0.219. The van der Waals surface area contributed by atoms with E-state index in [1.54, 1.807) is 0 Å². The Kier molecular flexibility index (Phi) is 7.03. The van der Waals surface area contributed by atoms with Crippen LogP contribution in [0.5, 0.6) is 11.5 Å². The highest BCUT2D eigenvalue weighted by atomic mass is 16.5. The predicted octanol–water partition coefficient (Wildman–Crippen LogP) is 6.99. The van der Waals surface area contributed by atoms with E-state index in [2.05, 4.69) is 62.4 Å². The molecule has 182 valence electrons. The smallest absolute Gasteiger partial charge is 0.217 e. The zero-order valence-corrected chi connectivity index (χ0v) is 20.8. The first kappa shape index (κ1) is 23.7. The van der Waals surface area contributed by atoms with Gasteiger partial charge in [0.05, 0.1) is 5.54 Å². The number of hydrogen-bond acceptors (Lipinski definition) is 4.